The number of ether oxygens (including phenoxy) is 1. The summed E-state index contributed by atoms with van der Waals surface area (Å²) < 4.78 is 5.03. The molecule has 5 nitrogen and oxygen atoms in total. The Bertz CT molecular complexity index is 414. The van der Waals surface area contributed by atoms with Crippen LogP contribution in [0, 0.1) is 10.1 Å². The summed E-state index contributed by atoms with van der Waals surface area (Å²) in [5.41, 5.74) is 0.973. The summed E-state index contributed by atoms with van der Waals surface area (Å²) in [7, 11) is 1.51. The SMILES string of the molecule is COc1ccc(C2CCCNC2)c([N+](=O)[O-])c1. The van der Waals surface area contributed by atoms with Crippen LogP contribution in [-0.4, -0.2) is 25.1 Å². The van der Waals surface area contributed by atoms with Crippen LogP contribution in [0.3, 0.4) is 0 Å². The van der Waals surface area contributed by atoms with Gasteiger partial charge in [0, 0.05) is 18.0 Å². The molecule has 0 aliphatic carbocycles. The molecule has 92 valence electrons. The highest BCUT2D eigenvalue weighted by molar-refractivity contribution is 5.48. The molecule has 0 radical (unpaired) electrons. The Morgan fingerprint density at radius 1 is 1.53 bits per heavy atom. The van der Waals surface area contributed by atoms with Gasteiger partial charge in [-0.25, -0.2) is 0 Å². The summed E-state index contributed by atoms with van der Waals surface area (Å²) >= 11 is 0. The fraction of sp³-hybridized carbons (Fsp3) is 0.500. The van der Waals surface area contributed by atoms with Crippen molar-refractivity contribution in [3.63, 3.8) is 0 Å². The van der Waals surface area contributed by atoms with Crippen molar-refractivity contribution in [1.29, 1.82) is 0 Å². The van der Waals surface area contributed by atoms with E-state index in [-0.39, 0.29) is 16.5 Å². The van der Waals surface area contributed by atoms with Gasteiger partial charge >= 0.3 is 0 Å². The predicted molar refractivity (Wildman–Crippen MR) is 64.5 cm³/mol. The second kappa shape index (κ2) is 5.14. The largest absolute Gasteiger partial charge is 0.497 e. The van der Waals surface area contributed by atoms with Crippen LogP contribution in [-0.2, 0) is 0 Å². The van der Waals surface area contributed by atoms with Crippen LogP contribution >= 0.6 is 0 Å². The first-order valence-corrected chi connectivity index (χ1v) is 5.75. The fourth-order valence-electron chi connectivity index (χ4n) is 2.27. The molecule has 0 amide bonds. The average molecular weight is 236 g/mol. The zero-order valence-electron chi connectivity index (χ0n) is 9.81. The highest BCUT2D eigenvalue weighted by atomic mass is 16.6. The maximum Gasteiger partial charge on any atom is 0.276 e. The molecule has 1 heterocycles. The van der Waals surface area contributed by atoms with Gasteiger partial charge in [-0.1, -0.05) is 0 Å². The molecular formula is C12H16N2O3. The summed E-state index contributed by atoms with van der Waals surface area (Å²) in [5.74, 6) is 0.763. The third-order valence-electron chi connectivity index (χ3n) is 3.17. The number of benzene rings is 1. The van der Waals surface area contributed by atoms with Crippen LogP contribution in [0.25, 0.3) is 0 Å². The molecule has 1 aliphatic heterocycles. The monoisotopic (exact) mass is 236 g/mol. The molecule has 1 aromatic rings. The average Bonchev–Trinajstić information content (AvgIpc) is 2.39. The number of hydrogen-bond donors (Lipinski definition) is 1. The highest BCUT2D eigenvalue weighted by Gasteiger charge is 2.24. The number of nitro groups is 1. The standard InChI is InChI=1S/C12H16N2O3/c1-17-10-4-5-11(12(7-10)14(15)16)9-3-2-6-13-8-9/h4-5,7,9,13H,2-3,6,8H2,1H3. The van der Waals surface area contributed by atoms with E-state index < -0.39 is 0 Å². The number of piperidine rings is 1. The summed E-state index contributed by atoms with van der Waals surface area (Å²) in [4.78, 5) is 10.7. The third-order valence-corrected chi connectivity index (χ3v) is 3.17. The summed E-state index contributed by atoms with van der Waals surface area (Å²) in [6.45, 7) is 1.81. The summed E-state index contributed by atoms with van der Waals surface area (Å²) in [6, 6.07) is 5.11. The Morgan fingerprint density at radius 3 is 2.94 bits per heavy atom. The van der Waals surface area contributed by atoms with Crippen LogP contribution in [0.4, 0.5) is 5.69 Å². The van der Waals surface area contributed by atoms with E-state index in [9.17, 15) is 10.1 Å². The number of hydrogen-bond acceptors (Lipinski definition) is 4. The number of nitrogens with zero attached hydrogens (tertiary/aromatic N) is 1. The zero-order valence-corrected chi connectivity index (χ0v) is 9.81. The molecule has 0 spiro atoms. The molecule has 0 saturated carbocycles. The summed E-state index contributed by atoms with van der Waals surface area (Å²) in [5, 5.41) is 14.3. The number of nitro benzene ring substituents is 1. The Hall–Kier alpha value is -1.62. The Kier molecular flexibility index (Phi) is 3.58. The van der Waals surface area contributed by atoms with E-state index >= 15 is 0 Å². The Labute approximate surface area is 99.9 Å². The molecule has 0 aromatic heterocycles. The van der Waals surface area contributed by atoms with E-state index in [2.05, 4.69) is 5.32 Å². The number of nitrogens with one attached hydrogen (secondary N) is 1. The van der Waals surface area contributed by atoms with Crippen molar-refractivity contribution in [3.05, 3.63) is 33.9 Å². The normalized spacial score (nSPS) is 19.9. The minimum Gasteiger partial charge on any atom is -0.497 e. The molecule has 1 unspecified atom stereocenters. The summed E-state index contributed by atoms with van der Waals surface area (Å²) in [6.07, 6.45) is 2.06. The zero-order chi connectivity index (χ0) is 12.3. The van der Waals surface area contributed by atoms with Crippen molar-refractivity contribution in [2.45, 2.75) is 18.8 Å². The van der Waals surface area contributed by atoms with Crippen molar-refractivity contribution in [3.8, 4) is 5.75 Å². The fourth-order valence-corrected chi connectivity index (χ4v) is 2.27. The van der Waals surface area contributed by atoms with Gasteiger partial charge in [0.05, 0.1) is 18.1 Å². The van der Waals surface area contributed by atoms with Crippen molar-refractivity contribution < 1.29 is 9.66 Å². The van der Waals surface area contributed by atoms with E-state index in [1.54, 1.807) is 6.07 Å². The van der Waals surface area contributed by atoms with Crippen molar-refractivity contribution in [2.24, 2.45) is 0 Å². The molecule has 2 rings (SSSR count). The van der Waals surface area contributed by atoms with Gasteiger partial charge in [0.15, 0.2) is 0 Å². The van der Waals surface area contributed by atoms with Gasteiger partial charge in [0.2, 0.25) is 0 Å². The van der Waals surface area contributed by atoms with E-state index in [4.69, 9.17) is 4.74 Å². The van der Waals surface area contributed by atoms with Gasteiger partial charge in [-0.05, 0) is 31.5 Å². The predicted octanol–water partition coefficient (Wildman–Crippen LogP) is 2.07. The molecular weight excluding hydrogens is 220 g/mol. The van der Waals surface area contributed by atoms with Crippen LogP contribution in [0.2, 0.25) is 0 Å². The molecule has 1 atom stereocenters. The van der Waals surface area contributed by atoms with Crippen LogP contribution in [0.1, 0.15) is 24.3 Å². The first-order valence-electron chi connectivity index (χ1n) is 5.75. The third kappa shape index (κ3) is 2.55. The number of rotatable bonds is 3. The van der Waals surface area contributed by atoms with Gasteiger partial charge in [0.1, 0.15) is 5.75 Å². The maximum atomic E-state index is 11.1. The van der Waals surface area contributed by atoms with E-state index in [0.29, 0.717) is 5.75 Å². The first-order chi connectivity index (χ1) is 8.22. The second-order valence-electron chi connectivity index (χ2n) is 4.23. The van der Waals surface area contributed by atoms with E-state index in [1.807, 2.05) is 6.07 Å². The number of methoxy groups -OCH3 is 1. The second-order valence-corrected chi connectivity index (χ2v) is 4.23. The maximum absolute atomic E-state index is 11.1. The molecule has 17 heavy (non-hydrogen) atoms. The quantitative estimate of drug-likeness (QED) is 0.644. The Morgan fingerprint density at radius 2 is 2.35 bits per heavy atom. The molecule has 1 aromatic carbocycles. The minimum absolute atomic E-state index is 0.165. The Balaban J connectivity index is 2.34. The van der Waals surface area contributed by atoms with Crippen LogP contribution in [0.5, 0.6) is 5.75 Å². The van der Waals surface area contributed by atoms with Gasteiger partial charge in [-0.2, -0.15) is 0 Å². The van der Waals surface area contributed by atoms with E-state index in [0.717, 1.165) is 31.5 Å². The molecule has 0 bridgehead atoms. The lowest BCUT2D eigenvalue weighted by Gasteiger charge is -2.23. The molecule has 1 fully saturated rings. The lowest BCUT2D eigenvalue weighted by atomic mass is 9.90. The lowest BCUT2D eigenvalue weighted by molar-refractivity contribution is -0.385. The van der Waals surface area contributed by atoms with Crippen LogP contribution in [0.15, 0.2) is 18.2 Å². The van der Waals surface area contributed by atoms with Gasteiger partial charge in [-0.15, -0.1) is 0 Å². The van der Waals surface area contributed by atoms with Gasteiger partial charge < -0.3 is 10.1 Å². The van der Waals surface area contributed by atoms with Crippen molar-refractivity contribution in [2.75, 3.05) is 20.2 Å². The molecule has 1 aliphatic rings. The van der Waals surface area contributed by atoms with Gasteiger partial charge in [0.25, 0.3) is 5.69 Å². The molecule has 1 saturated heterocycles. The van der Waals surface area contributed by atoms with Crippen molar-refractivity contribution >= 4 is 5.69 Å². The highest BCUT2D eigenvalue weighted by Crippen LogP contribution is 2.33. The topological polar surface area (TPSA) is 64.4 Å². The molecule has 5 heteroatoms. The van der Waals surface area contributed by atoms with Crippen LogP contribution < -0.4 is 10.1 Å². The van der Waals surface area contributed by atoms with E-state index in [1.165, 1.54) is 13.2 Å². The smallest absolute Gasteiger partial charge is 0.276 e. The van der Waals surface area contributed by atoms with Crippen molar-refractivity contribution in [1.82, 2.24) is 5.32 Å². The first kappa shape index (κ1) is 11.9. The van der Waals surface area contributed by atoms with Gasteiger partial charge in [-0.3, -0.25) is 10.1 Å². The minimum atomic E-state index is -0.327. The molecule has 1 N–H and O–H groups in total. The lowest BCUT2D eigenvalue weighted by Crippen LogP contribution is -2.28.